The predicted molar refractivity (Wildman–Crippen MR) is 79.7 cm³/mol. The van der Waals surface area contributed by atoms with Crippen LogP contribution in [0.5, 0.6) is 11.5 Å². The molecule has 0 radical (unpaired) electrons. The maximum atomic E-state index is 5.36. The quantitative estimate of drug-likeness (QED) is 0.844. The van der Waals surface area contributed by atoms with Crippen molar-refractivity contribution in [2.75, 3.05) is 13.3 Å². The summed E-state index contributed by atoms with van der Waals surface area (Å²) in [5.74, 6) is 1.67. The van der Waals surface area contributed by atoms with E-state index in [4.69, 9.17) is 9.47 Å². The van der Waals surface area contributed by atoms with E-state index in [0.29, 0.717) is 6.79 Å². The van der Waals surface area contributed by atoms with E-state index in [1.807, 2.05) is 30.3 Å². The van der Waals surface area contributed by atoms with Gasteiger partial charge in [0, 0.05) is 13.1 Å². The zero-order chi connectivity index (χ0) is 13.6. The summed E-state index contributed by atoms with van der Waals surface area (Å²) in [7, 11) is 0. The molecule has 3 heteroatoms. The number of hydrogen-bond acceptors (Lipinski definition) is 3. The Morgan fingerprint density at radius 2 is 1.85 bits per heavy atom. The Labute approximate surface area is 118 Å². The molecule has 0 fully saturated rings. The third kappa shape index (κ3) is 3.19. The molecular formula is C17H17NO2. The minimum Gasteiger partial charge on any atom is -0.454 e. The molecule has 2 aromatic rings. The molecule has 0 bridgehead atoms. The van der Waals surface area contributed by atoms with Gasteiger partial charge < -0.3 is 14.8 Å². The molecule has 0 aliphatic carbocycles. The van der Waals surface area contributed by atoms with E-state index >= 15 is 0 Å². The molecule has 0 unspecified atom stereocenters. The monoisotopic (exact) mass is 267 g/mol. The summed E-state index contributed by atoms with van der Waals surface area (Å²) in [5.41, 5.74) is 2.42. The number of nitrogens with one attached hydrogen (secondary N) is 1. The first kappa shape index (κ1) is 12.8. The Morgan fingerprint density at radius 1 is 1.00 bits per heavy atom. The van der Waals surface area contributed by atoms with Gasteiger partial charge in [0.25, 0.3) is 0 Å². The zero-order valence-electron chi connectivity index (χ0n) is 11.2. The highest BCUT2D eigenvalue weighted by atomic mass is 16.7. The van der Waals surface area contributed by atoms with Crippen molar-refractivity contribution in [3.05, 3.63) is 65.7 Å². The van der Waals surface area contributed by atoms with Crippen LogP contribution in [0.1, 0.15) is 11.1 Å². The minimum absolute atomic E-state index is 0.325. The summed E-state index contributed by atoms with van der Waals surface area (Å²) < 4.78 is 10.7. The topological polar surface area (TPSA) is 30.5 Å². The molecule has 2 aromatic carbocycles. The molecule has 0 amide bonds. The summed E-state index contributed by atoms with van der Waals surface area (Å²) in [6.45, 7) is 1.98. The molecule has 3 nitrogen and oxygen atoms in total. The largest absolute Gasteiger partial charge is 0.454 e. The molecular weight excluding hydrogens is 250 g/mol. The molecule has 1 heterocycles. The van der Waals surface area contributed by atoms with Crippen LogP contribution in [0.15, 0.2) is 54.6 Å². The van der Waals surface area contributed by atoms with Crippen molar-refractivity contribution in [2.24, 2.45) is 0 Å². The number of ether oxygens (including phenoxy) is 2. The molecule has 0 saturated carbocycles. The number of hydrogen-bond donors (Lipinski definition) is 1. The smallest absolute Gasteiger partial charge is 0.231 e. The standard InChI is InChI=1S/C17H17NO2/c1-2-5-14(6-3-1)7-4-10-18-12-15-8-9-16-17(11-15)20-13-19-16/h1-9,11,18H,10,12-13H2/b7-4-. The second kappa shape index (κ2) is 6.26. The van der Waals surface area contributed by atoms with Crippen LogP contribution in [-0.4, -0.2) is 13.3 Å². The fourth-order valence-corrected chi connectivity index (χ4v) is 2.11. The molecule has 20 heavy (non-hydrogen) atoms. The molecule has 1 N–H and O–H groups in total. The second-order valence-electron chi connectivity index (χ2n) is 4.63. The van der Waals surface area contributed by atoms with Gasteiger partial charge in [-0.15, -0.1) is 0 Å². The average Bonchev–Trinajstić information content (AvgIpc) is 2.95. The van der Waals surface area contributed by atoms with E-state index in [0.717, 1.165) is 24.6 Å². The molecule has 0 saturated heterocycles. The highest BCUT2D eigenvalue weighted by Crippen LogP contribution is 2.32. The van der Waals surface area contributed by atoms with Gasteiger partial charge in [-0.25, -0.2) is 0 Å². The summed E-state index contributed by atoms with van der Waals surface area (Å²) in [5, 5.41) is 3.38. The van der Waals surface area contributed by atoms with Crippen molar-refractivity contribution in [2.45, 2.75) is 6.54 Å². The van der Waals surface area contributed by atoms with Crippen LogP contribution in [0.2, 0.25) is 0 Å². The lowest BCUT2D eigenvalue weighted by Crippen LogP contribution is -2.12. The Kier molecular flexibility index (Phi) is 3.99. The van der Waals surface area contributed by atoms with Gasteiger partial charge in [0.1, 0.15) is 0 Å². The Hall–Kier alpha value is -2.26. The fourth-order valence-electron chi connectivity index (χ4n) is 2.11. The van der Waals surface area contributed by atoms with Crippen molar-refractivity contribution >= 4 is 6.08 Å². The van der Waals surface area contributed by atoms with E-state index in [2.05, 4.69) is 35.7 Å². The minimum atomic E-state index is 0.325. The summed E-state index contributed by atoms with van der Waals surface area (Å²) in [6.07, 6.45) is 4.24. The van der Waals surface area contributed by atoms with Gasteiger partial charge in [-0.3, -0.25) is 0 Å². The highest BCUT2D eigenvalue weighted by Gasteiger charge is 2.12. The molecule has 1 aliphatic heterocycles. The SMILES string of the molecule is C(=C/c1ccccc1)/CNCc1ccc2c(c1)OCO2. The third-order valence-electron chi connectivity index (χ3n) is 3.14. The maximum Gasteiger partial charge on any atom is 0.231 e. The number of rotatable bonds is 5. The van der Waals surface area contributed by atoms with Gasteiger partial charge in [-0.1, -0.05) is 48.6 Å². The lowest BCUT2D eigenvalue weighted by atomic mass is 10.2. The van der Waals surface area contributed by atoms with Gasteiger partial charge in [0.15, 0.2) is 11.5 Å². The van der Waals surface area contributed by atoms with Gasteiger partial charge in [0.05, 0.1) is 0 Å². The molecule has 1 aliphatic rings. The Bertz CT molecular complexity index is 593. The van der Waals surface area contributed by atoms with Crippen LogP contribution in [0.3, 0.4) is 0 Å². The lowest BCUT2D eigenvalue weighted by molar-refractivity contribution is 0.174. The van der Waals surface area contributed by atoms with Gasteiger partial charge in [0.2, 0.25) is 6.79 Å². The lowest BCUT2D eigenvalue weighted by Gasteiger charge is -2.03. The van der Waals surface area contributed by atoms with Crippen LogP contribution in [0.4, 0.5) is 0 Å². The fraction of sp³-hybridized carbons (Fsp3) is 0.176. The van der Waals surface area contributed by atoms with Crippen molar-refractivity contribution < 1.29 is 9.47 Å². The first-order valence-electron chi connectivity index (χ1n) is 6.73. The van der Waals surface area contributed by atoms with E-state index in [1.165, 1.54) is 11.1 Å². The first-order chi connectivity index (χ1) is 9.92. The number of benzene rings is 2. The predicted octanol–water partition coefficient (Wildman–Crippen LogP) is 3.22. The molecule has 0 spiro atoms. The van der Waals surface area contributed by atoms with Crippen LogP contribution in [0, 0.1) is 0 Å². The van der Waals surface area contributed by atoms with Crippen LogP contribution in [0.25, 0.3) is 6.08 Å². The molecule has 102 valence electrons. The summed E-state index contributed by atoms with van der Waals surface area (Å²) in [4.78, 5) is 0. The van der Waals surface area contributed by atoms with Crippen molar-refractivity contribution in [3.8, 4) is 11.5 Å². The first-order valence-corrected chi connectivity index (χ1v) is 6.73. The van der Waals surface area contributed by atoms with Crippen LogP contribution < -0.4 is 14.8 Å². The van der Waals surface area contributed by atoms with Gasteiger partial charge >= 0.3 is 0 Å². The molecule has 0 atom stereocenters. The normalized spacial score (nSPS) is 13.0. The molecule has 0 aromatic heterocycles. The Balaban J connectivity index is 1.47. The van der Waals surface area contributed by atoms with Gasteiger partial charge in [-0.05, 0) is 23.3 Å². The van der Waals surface area contributed by atoms with E-state index < -0.39 is 0 Å². The average molecular weight is 267 g/mol. The zero-order valence-corrected chi connectivity index (χ0v) is 11.2. The third-order valence-corrected chi connectivity index (χ3v) is 3.14. The van der Waals surface area contributed by atoms with Crippen molar-refractivity contribution in [1.82, 2.24) is 5.32 Å². The maximum absolute atomic E-state index is 5.36. The van der Waals surface area contributed by atoms with Gasteiger partial charge in [-0.2, -0.15) is 0 Å². The highest BCUT2D eigenvalue weighted by molar-refractivity contribution is 5.48. The van der Waals surface area contributed by atoms with E-state index in [9.17, 15) is 0 Å². The second-order valence-corrected chi connectivity index (χ2v) is 4.63. The van der Waals surface area contributed by atoms with E-state index in [-0.39, 0.29) is 0 Å². The Morgan fingerprint density at radius 3 is 2.75 bits per heavy atom. The van der Waals surface area contributed by atoms with Crippen molar-refractivity contribution in [1.29, 1.82) is 0 Å². The molecule has 3 rings (SSSR count). The number of fused-ring (bicyclic) bond motifs is 1. The van der Waals surface area contributed by atoms with Crippen molar-refractivity contribution in [3.63, 3.8) is 0 Å². The summed E-state index contributed by atoms with van der Waals surface area (Å²) >= 11 is 0. The van der Waals surface area contributed by atoms with Crippen LogP contribution in [-0.2, 0) is 6.54 Å². The van der Waals surface area contributed by atoms with E-state index in [1.54, 1.807) is 0 Å². The summed E-state index contributed by atoms with van der Waals surface area (Å²) in [6, 6.07) is 16.3. The van der Waals surface area contributed by atoms with Crippen LogP contribution >= 0.6 is 0 Å².